The molecule has 1 N–H and O–H groups in total. The minimum atomic E-state index is -1.02. The summed E-state index contributed by atoms with van der Waals surface area (Å²) in [6, 6.07) is 4.05. The molecule has 4 heteroatoms. The van der Waals surface area contributed by atoms with Crippen LogP contribution >= 0.6 is 0 Å². The average molecular weight is 182 g/mol. The molecule has 13 heavy (non-hydrogen) atoms. The van der Waals surface area contributed by atoms with Gasteiger partial charge in [0.15, 0.2) is 6.10 Å². The van der Waals surface area contributed by atoms with Crippen LogP contribution in [0.25, 0.3) is 0 Å². The Morgan fingerprint density at radius 3 is 3.08 bits per heavy atom. The highest BCUT2D eigenvalue weighted by atomic mass is 19.1. The Bertz CT molecular complexity index is 362. The largest absolute Gasteiger partial charge is 0.478 e. The van der Waals surface area contributed by atoms with Gasteiger partial charge >= 0.3 is 5.97 Å². The van der Waals surface area contributed by atoms with E-state index in [2.05, 4.69) is 0 Å². The van der Waals surface area contributed by atoms with Gasteiger partial charge in [0.2, 0.25) is 0 Å². The minimum absolute atomic E-state index is 0.310. The van der Waals surface area contributed by atoms with Crippen LogP contribution in [0.15, 0.2) is 18.2 Å². The predicted molar refractivity (Wildman–Crippen MR) is 42.2 cm³/mol. The lowest BCUT2D eigenvalue weighted by Crippen LogP contribution is -2.24. The van der Waals surface area contributed by atoms with E-state index in [4.69, 9.17) is 9.84 Å². The van der Waals surface area contributed by atoms with Crippen molar-refractivity contribution >= 4 is 5.97 Å². The van der Waals surface area contributed by atoms with Crippen LogP contribution < -0.4 is 4.74 Å². The summed E-state index contributed by atoms with van der Waals surface area (Å²) in [5.74, 6) is -1.09. The first kappa shape index (κ1) is 8.04. The Labute approximate surface area is 73.8 Å². The zero-order valence-electron chi connectivity index (χ0n) is 6.66. The highest BCUT2D eigenvalue weighted by Gasteiger charge is 2.28. The molecule has 0 aromatic heterocycles. The third-order valence-corrected chi connectivity index (χ3v) is 1.98. The Hall–Kier alpha value is -1.58. The zero-order valence-corrected chi connectivity index (χ0v) is 6.66. The fourth-order valence-corrected chi connectivity index (χ4v) is 1.34. The molecule has 1 atom stereocenters. The number of ether oxygens (including phenoxy) is 1. The molecule has 0 spiro atoms. The molecule has 0 radical (unpaired) electrons. The molecule has 3 nitrogen and oxygen atoms in total. The third kappa shape index (κ3) is 1.35. The number of rotatable bonds is 1. The van der Waals surface area contributed by atoms with E-state index in [1.165, 1.54) is 12.1 Å². The first-order chi connectivity index (χ1) is 6.16. The standard InChI is InChI=1S/C9H7FO3/c10-6-2-1-5-3-8(9(11)12)13-7(5)4-6/h1-2,4,8H,3H2,(H,11,12). The Kier molecular flexibility index (Phi) is 1.69. The van der Waals surface area contributed by atoms with Crippen molar-refractivity contribution in [2.75, 3.05) is 0 Å². The molecule has 0 aliphatic carbocycles. The summed E-state index contributed by atoms with van der Waals surface area (Å²) in [6.07, 6.45) is -0.554. The molecule has 0 amide bonds. The van der Waals surface area contributed by atoms with E-state index >= 15 is 0 Å². The van der Waals surface area contributed by atoms with Crippen LogP contribution in [0.5, 0.6) is 5.75 Å². The number of aliphatic carboxylic acids is 1. The van der Waals surface area contributed by atoms with E-state index in [9.17, 15) is 9.18 Å². The van der Waals surface area contributed by atoms with Crippen LogP contribution in [0.3, 0.4) is 0 Å². The SMILES string of the molecule is O=C(O)C1Cc2ccc(F)cc2O1. The van der Waals surface area contributed by atoms with Crippen molar-refractivity contribution in [3.63, 3.8) is 0 Å². The number of carboxylic acid groups (broad SMARTS) is 1. The van der Waals surface area contributed by atoms with Crippen LogP contribution in [0.4, 0.5) is 4.39 Å². The second-order valence-electron chi connectivity index (χ2n) is 2.90. The van der Waals surface area contributed by atoms with Crippen molar-refractivity contribution in [1.82, 2.24) is 0 Å². The normalized spacial score (nSPS) is 19.3. The fraction of sp³-hybridized carbons (Fsp3) is 0.222. The summed E-state index contributed by atoms with van der Waals surface area (Å²) in [6.45, 7) is 0. The lowest BCUT2D eigenvalue weighted by molar-refractivity contribution is -0.144. The predicted octanol–water partition coefficient (Wildman–Crippen LogP) is 1.21. The Balaban J connectivity index is 2.30. The Morgan fingerprint density at radius 2 is 2.38 bits per heavy atom. The third-order valence-electron chi connectivity index (χ3n) is 1.98. The lowest BCUT2D eigenvalue weighted by atomic mass is 10.1. The zero-order chi connectivity index (χ0) is 9.42. The van der Waals surface area contributed by atoms with Gasteiger partial charge in [0.05, 0.1) is 0 Å². The van der Waals surface area contributed by atoms with Gasteiger partial charge in [-0.2, -0.15) is 0 Å². The number of fused-ring (bicyclic) bond motifs is 1. The molecule has 1 aliphatic heterocycles. The molecule has 1 aliphatic rings. The second kappa shape index (κ2) is 2.73. The summed E-state index contributed by atoms with van der Waals surface area (Å²) in [4.78, 5) is 10.5. The molecule has 0 fully saturated rings. The molecule has 1 aromatic rings. The van der Waals surface area contributed by atoms with Gasteiger partial charge in [0.25, 0.3) is 0 Å². The van der Waals surface area contributed by atoms with E-state index in [0.29, 0.717) is 12.2 Å². The fourth-order valence-electron chi connectivity index (χ4n) is 1.34. The first-order valence-electron chi connectivity index (χ1n) is 3.85. The summed E-state index contributed by atoms with van der Waals surface area (Å²) in [7, 11) is 0. The number of hydrogen-bond donors (Lipinski definition) is 1. The van der Waals surface area contributed by atoms with Crippen LogP contribution in [0, 0.1) is 5.82 Å². The van der Waals surface area contributed by atoms with E-state index in [-0.39, 0.29) is 0 Å². The molecule has 0 saturated carbocycles. The quantitative estimate of drug-likeness (QED) is 0.710. The van der Waals surface area contributed by atoms with Crippen molar-refractivity contribution in [3.8, 4) is 5.75 Å². The van der Waals surface area contributed by atoms with Crippen molar-refractivity contribution in [3.05, 3.63) is 29.6 Å². The summed E-state index contributed by atoms with van der Waals surface area (Å²) in [5.41, 5.74) is 0.744. The number of carboxylic acids is 1. The number of hydrogen-bond acceptors (Lipinski definition) is 2. The van der Waals surface area contributed by atoms with Gasteiger partial charge in [-0.15, -0.1) is 0 Å². The van der Waals surface area contributed by atoms with Crippen molar-refractivity contribution in [2.24, 2.45) is 0 Å². The molecule has 0 saturated heterocycles. The summed E-state index contributed by atoms with van der Waals surface area (Å²) in [5, 5.41) is 8.64. The molecule has 0 bridgehead atoms. The second-order valence-corrected chi connectivity index (χ2v) is 2.90. The van der Waals surface area contributed by atoms with Crippen molar-refractivity contribution in [1.29, 1.82) is 0 Å². The summed E-state index contributed by atoms with van der Waals surface area (Å²) < 4.78 is 17.7. The van der Waals surface area contributed by atoms with Gasteiger partial charge < -0.3 is 9.84 Å². The molecule has 68 valence electrons. The topological polar surface area (TPSA) is 46.5 Å². The first-order valence-corrected chi connectivity index (χ1v) is 3.85. The maximum Gasteiger partial charge on any atom is 0.345 e. The van der Waals surface area contributed by atoms with Gasteiger partial charge in [0, 0.05) is 12.5 Å². The lowest BCUT2D eigenvalue weighted by Gasteiger charge is -2.03. The van der Waals surface area contributed by atoms with Crippen LogP contribution in [0.1, 0.15) is 5.56 Å². The maximum atomic E-state index is 12.7. The number of halogens is 1. The smallest absolute Gasteiger partial charge is 0.345 e. The van der Waals surface area contributed by atoms with Gasteiger partial charge in [-0.3, -0.25) is 0 Å². The van der Waals surface area contributed by atoms with E-state index < -0.39 is 17.9 Å². The number of carbonyl (C=O) groups is 1. The monoisotopic (exact) mass is 182 g/mol. The van der Waals surface area contributed by atoms with E-state index in [0.717, 1.165) is 5.56 Å². The average Bonchev–Trinajstić information content (AvgIpc) is 2.46. The minimum Gasteiger partial charge on any atom is -0.478 e. The molecular formula is C9H7FO3. The summed E-state index contributed by atoms with van der Waals surface area (Å²) >= 11 is 0. The van der Waals surface area contributed by atoms with E-state index in [1.807, 2.05) is 0 Å². The van der Waals surface area contributed by atoms with Crippen molar-refractivity contribution in [2.45, 2.75) is 12.5 Å². The van der Waals surface area contributed by atoms with Gasteiger partial charge in [-0.1, -0.05) is 6.07 Å². The van der Waals surface area contributed by atoms with Crippen molar-refractivity contribution < 1.29 is 19.0 Å². The molecular weight excluding hydrogens is 175 g/mol. The van der Waals surface area contributed by atoms with E-state index in [1.54, 1.807) is 6.07 Å². The van der Waals surface area contributed by atoms with Gasteiger partial charge in [-0.05, 0) is 11.6 Å². The highest BCUT2D eigenvalue weighted by Crippen LogP contribution is 2.29. The Morgan fingerprint density at radius 1 is 1.62 bits per heavy atom. The van der Waals surface area contributed by atoms with Crippen LogP contribution in [-0.4, -0.2) is 17.2 Å². The van der Waals surface area contributed by atoms with Gasteiger partial charge in [0.1, 0.15) is 11.6 Å². The molecule has 2 rings (SSSR count). The van der Waals surface area contributed by atoms with Crippen LogP contribution in [0.2, 0.25) is 0 Å². The molecule has 1 unspecified atom stereocenters. The number of benzene rings is 1. The highest BCUT2D eigenvalue weighted by molar-refractivity contribution is 5.74. The molecule has 1 aromatic carbocycles. The molecule has 1 heterocycles. The van der Waals surface area contributed by atoms with Crippen LogP contribution in [-0.2, 0) is 11.2 Å². The van der Waals surface area contributed by atoms with Gasteiger partial charge in [-0.25, -0.2) is 9.18 Å². The maximum absolute atomic E-state index is 12.7.